The second kappa shape index (κ2) is 7.60. The number of rotatable bonds is 7. The molecule has 0 spiro atoms. The van der Waals surface area contributed by atoms with E-state index < -0.39 is 0 Å². The highest BCUT2D eigenvalue weighted by Gasteiger charge is 2.09. The Morgan fingerprint density at radius 1 is 1.30 bits per heavy atom. The number of hydrogen-bond acceptors (Lipinski definition) is 3. The SMILES string of the molecule is CCCNCCCc1ncc(-c2cc(C)ccc2Br)o1. The molecule has 1 heterocycles. The van der Waals surface area contributed by atoms with Crippen LogP contribution in [0.2, 0.25) is 0 Å². The molecule has 20 heavy (non-hydrogen) atoms. The van der Waals surface area contributed by atoms with Crippen molar-refractivity contribution in [2.24, 2.45) is 0 Å². The predicted octanol–water partition coefficient (Wildman–Crippen LogP) is 4.34. The van der Waals surface area contributed by atoms with E-state index in [0.717, 1.165) is 47.6 Å². The molecule has 2 rings (SSSR count). The molecule has 1 N–H and O–H groups in total. The van der Waals surface area contributed by atoms with Crippen LogP contribution < -0.4 is 5.32 Å². The number of benzene rings is 1. The van der Waals surface area contributed by atoms with Crippen LogP contribution in [-0.4, -0.2) is 18.1 Å². The van der Waals surface area contributed by atoms with Gasteiger partial charge in [-0.05, 0) is 45.0 Å². The molecule has 4 heteroatoms. The van der Waals surface area contributed by atoms with Crippen molar-refractivity contribution in [1.29, 1.82) is 0 Å². The molecule has 0 unspecified atom stereocenters. The third-order valence-electron chi connectivity index (χ3n) is 3.11. The monoisotopic (exact) mass is 336 g/mol. The Morgan fingerprint density at radius 3 is 2.95 bits per heavy atom. The van der Waals surface area contributed by atoms with Gasteiger partial charge in [0.15, 0.2) is 11.7 Å². The number of aryl methyl sites for hydroxylation is 2. The van der Waals surface area contributed by atoms with E-state index in [0.29, 0.717) is 0 Å². The zero-order chi connectivity index (χ0) is 14.4. The van der Waals surface area contributed by atoms with Gasteiger partial charge in [-0.25, -0.2) is 4.98 Å². The van der Waals surface area contributed by atoms with Crippen molar-refractivity contribution < 1.29 is 4.42 Å². The van der Waals surface area contributed by atoms with Gasteiger partial charge in [-0.15, -0.1) is 0 Å². The molecule has 0 aliphatic carbocycles. The molecule has 0 bridgehead atoms. The maximum Gasteiger partial charge on any atom is 0.194 e. The number of halogens is 1. The van der Waals surface area contributed by atoms with Gasteiger partial charge in [0.1, 0.15) is 0 Å². The van der Waals surface area contributed by atoms with Crippen LogP contribution in [-0.2, 0) is 6.42 Å². The molecule has 0 fully saturated rings. The number of nitrogens with zero attached hydrogens (tertiary/aromatic N) is 1. The van der Waals surface area contributed by atoms with Crippen molar-refractivity contribution in [2.75, 3.05) is 13.1 Å². The molecule has 0 amide bonds. The summed E-state index contributed by atoms with van der Waals surface area (Å²) in [5, 5.41) is 3.38. The normalized spacial score (nSPS) is 10.9. The second-order valence-corrected chi connectivity index (χ2v) is 5.81. The number of nitrogens with one attached hydrogen (secondary N) is 1. The molecular weight excluding hydrogens is 316 g/mol. The van der Waals surface area contributed by atoms with Crippen LogP contribution in [0, 0.1) is 6.92 Å². The van der Waals surface area contributed by atoms with Crippen LogP contribution in [0.5, 0.6) is 0 Å². The zero-order valence-corrected chi connectivity index (χ0v) is 13.7. The van der Waals surface area contributed by atoms with Gasteiger partial charge in [0, 0.05) is 16.5 Å². The Morgan fingerprint density at radius 2 is 2.15 bits per heavy atom. The lowest BCUT2D eigenvalue weighted by atomic mass is 10.1. The summed E-state index contributed by atoms with van der Waals surface area (Å²) in [4.78, 5) is 4.37. The highest BCUT2D eigenvalue weighted by molar-refractivity contribution is 9.10. The standard InChI is InChI=1S/C16H21BrN2O/c1-3-8-18-9-4-5-16-19-11-15(20-16)13-10-12(2)6-7-14(13)17/h6-7,10-11,18H,3-5,8-9H2,1-2H3. The van der Waals surface area contributed by atoms with Gasteiger partial charge in [-0.2, -0.15) is 0 Å². The zero-order valence-electron chi connectivity index (χ0n) is 12.1. The van der Waals surface area contributed by atoms with Gasteiger partial charge in [0.05, 0.1) is 6.20 Å². The molecule has 3 nitrogen and oxygen atoms in total. The van der Waals surface area contributed by atoms with Crippen molar-refractivity contribution in [3.05, 3.63) is 40.3 Å². The summed E-state index contributed by atoms with van der Waals surface area (Å²) in [6.45, 7) is 6.34. The predicted molar refractivity (Wildman–Crippen MR) is 85.9 cm³/mol. The second-order valence-electron chi connectivity index (χ2n) is 4.96. The minimum absolute atomic E-state index is 0.812. The molecule has 0 saturated carbocycles. The molecule has 0 radical (unpaired) electrons. The van der Waals surface area contributed by atoms with Crippen LogP contribution in [0.25, 0.3) is 11.3 Å². The van der Waals surface area contributed by atoms with Gasteiger partial charge >= 0.3 is 0 Å². The van der Waals surface area contributed by atoms with E-state index in [9.17, 15) is 0 Å². The fourth-order valence-corrected chi connectivity index (χ4v) is 2.49. The lowest BCUT2D eigenvalue weighted by molar-refractivity contribution is 0.491. The average Bonchev–Trinajstić information content (AvgIpc) is 2.90. The Labute approximate surface area is 128 Å². The molecule has 1 aromatic heterocycles. The van der Waals surface area contributed by atoms with E-state index >= 15 is 0 Å². The third kappa shape index (κ3) is 4.18. The maximum absolute atomic E-state index is 5.84. The molecule has 0 aliphatic rings. The summed E-state index contributed by atoms with van der Waals surface area (Å²) in [6, 6.07) is 6.23. The van der Waals surface area contributed by atoms with Crippen LogP contribution in [0.3, 0.4) is 0 Å². The first-order valence-corrected chi connectivity index (χ1v) is 7.92. The topological polar surface area (TPSA) is 38.1 Å². The average molecular weight is 337 g/mol. The first-order valence-electron chi connectivity index (χ1n) is 7.12. The van der Waals surface area contributed by atoms with Crippen LogP contribution in [0.4, 0.5) is 0 Å². The van der Waals surface area contributed by atoms with E-state index in [1.165, 1.54) is 12.0 Å². The summed E-state index contributed by atoms with van der Waals surface area (Å²) in [5.41, 5.74) is 2.28. The molecule has 1 aromatic carbocycles. The van der Waals surface area contributed by atoms with Crippen LogP contribution in [0.15, 0.2) is 33.3 Å². The Balaban J connectivity index is 1.96. The summed E-state index contributed by atoms with van der Waals surface area (Å²) >= 11 is 3.56. The van der Waals surface area contributed by atoms with E-state index in [-0.39, 0.29) is 0 Å². The van der Waals surface area contributed by atoms with Gasteiger partial charge in [0.25, 0.3) is 0 Å². The van der Waals surface area contributed by atoms with E-state index in [4.69, 9.17) is 4.42 Å². The molecular formula is C16H21BrN2O. The number of aromatic nitrogens is 1. The van der Waals surface area contributed by atoms with Crippen LogP contribution in [0.1, 0.15) is 31.2 Å². The fourth-order valence-electron chi connectivity index (χ4n) is 2.04. The highest BCUT2D eigenvalue weighted by Crippen LogP contribution is 2.29. The van der Waals surface area contributed by atoms with E-state index in [1.807, 2.05) is 12.3 Å². The van der Waals surface area contributed by atoms with Gasteiger partial charge in [-0.1, -0.05) is 34.5 Å². The third-order valence-corrected chi connectivity index (χ3v) is 3.80. The Bertz CT molecular complexity index is 551. The molecule has 108 valence electrons. The summed E-state index contributed by atoms with van der Waals surface area (Å²) in [5.74, 6) is 1.64. The van der Waals surface area contributed by atoms with Gasteiger partial charge < -0.3 is 9.73 Å². The van der Waals surface area contributed by atoms with E-state index in [1.54, 1.807) is 0 Å². The summed E-state index contributed by atoms with van der Waals surface area (Å²) in [6.07, 6.45) is 4.91. The number of hydrogen-bond donors (Lipinski definition) is 1. The molecule has 2 aromatic rings. The van der Waals surface area contributed by atoms with Crippen molar-refractivity contribution in [1.82, 2.24) is 10.3 Å². The van der Waals surface area contributed by atoms with Gasteiger partial charge in [-0.3, -0.25) is 0 Å². The minimum Gasteiger partial charge on any atom is -0.441 e. The van der Waals surface area contributed by atoms with Crippen molar-refractivity contribution in [3.63, 3.8) is 0 Å². The quantitative estimate of drug-likeness (QED) is 0.764. The first kappa shape index (κ1) is 15.3. The summed E-state index contributed by atoms with van der Waals surface area (Å²) in [7, 11) is 0. The molecule has 0 saturated heterocycles. The lowest BCUT2D eigenvalue weighted by Gasteiger charge is -2.02. The first-order chi connectivity index (χ1) is 9.70. The van der Waals surface area contributed by atoms with Gasteiger partial charge in [0.2, 0.25) is 0 Å². The lowest BCUT2D eigenvalue weighted by Crippen LogP contribution is -2.16. The summed E-state index contributed by atoms with van der Waals surface area (Å²) < 4.78 is 6.88. The molecule has 0 atom stereocenters. The Kier molecular flexibility index (Phi) is 5.80. The number of oxazole rings is 1. The fraction of sp³-hybridized carbons (Fsp3) is 0.438. The Hall–Kier alpha value is -1.13. The molecule has 0 aliphatic heterocycles. The minimum atomic E-state index is 0.812. The van der Waals surface area contributed by atoms with Crippen molar-refractivity contribution in [3.8, 4) is 11.3 Å². The maximum atomic E-state index is 5.84. The van der Waals surface area contributed by atoms with E-state index in [2.05, 4.69) is 52.2 Å². The van der Waals surface area contributed by atoms with Crippen molar-refractivity contribution in [2.45, 2.75) is 33.1 Å². The van der Waals surface area contributed by atoms with Crippen molar-refractivity contribution >= 4 is 15.9 Å². The largest absolute Gasteiger partial charge is 0.441 e. The van der Waals surface area contributed by atoms with Crippen LogP contribution >= 0.6 is 15.9 Å². The highest BCUT2D eigenvalue weighted by atomic mass is 79.9. The smallest absolute Gasteiger partial charge is 0.194 e.